The number of carbonyl (C=O) groups excluding carboxylic acids is 2. The Kier molecular flexibility index (Phi) is 14.0. The number of primary amides is 1. The topological polar surface area (TPSA) is 121 Å². The lowest BCUT2D eigenvalue weighted by atomic mass is 9.96. The number of likely N-dealkylation sites (tertiary alicyclic amines) is 1. The predicted octanol–water partition coefficient (Wildman–Crippen LogP) is 1.27. The van der Waals surface area contributed by atoms with Crippen molar-refractivity contribution in [2.24, 2.45) is 16.6 Å². The van der Waals surface area contributed by atoms with Crippen molar-refractivity contribution in [3.05, 3.63) is 0 Å². The fourth-order valence-corrected chi connectivity index (χ4v) is 2.99. The first-order valence-electron chi connectivity index (χ1n) is 10.1. The molecule has 29 heavy (non-hydrogen) atoms. The van der Waals surface area contributed by atoms with E-state index in [1.54, 1.807) is 7.05 Å². The monoisotopic (exact) mass is 526 g/mol. The Morgan fingerprint density at radius 3 is 2.21 bits per heavy atom. The van der Waals surface area contributed by atoms with Gasteiger partial charge in [0.25, 0.3) is 0 Å². The number of piperidine rings is 1. The molecular formula is C19H39IN6O3. The van der Waals surface area contributed by atoms with Gasteiger partial charge in [-0.2, -0.15) is 0 Å². The van der Waals surface area contributed by atoms with E-state index in [1.165, 1.54) is 0 Å². The van der Waals surface area contributed by atoms with Crippen molar-refractivity contribution >= 4 is 41.9 Å². The van der Waals surface area contributed by atoms with Crippen LogP contribution in [0.2, 0.25) is 0 Å². The maximum Gasteiger partial charge on any atom is 0.407 e. The summed E-state index contributed by atoms with van der Waals surface area (Å²) in [5.41, 5.74) is 4.87. The first kappa shape index (κ1) is 27.7. The molecule has 2 amide bonds. The molecule has 5 N–H and O–H groups in total. The number of unbranched alkanes of at least 4 members (excludes halogenated alkanes) is 1. The van der Waals surface area contributed by atoms with E-state index in [-0.39, 0.29) is 35.8 Å². The van der Waals surface area contributed by atoms with Gasteiger partial charge in [-0.3, -0.25) is 9.79 Å². The molecule has 0 aromatic rings. The number of hydrogen-bond acceptors (Lipinski definition) is 5. The normalized spacial score (nSPS) is 15.9. The molecule has 1 aliphatic rings. The first-order valence-corrected chi connectivity index (χ1v) is 10.1. The van der Waals surface area contributed by atoms with Crippen molar-refractivity contribution < 1.29 is 14.3 Å². The minimum absolute atomic E-state index is 0. The second-order valence-electron chi connectivity index (χ2n) is 8.08. The van der Waals surface area contributed by atoms with Crippen LogP contribution >= 0.6 is 24.0 Å². The number of hydrogen-bond donors (Lipinski definition) is 4. The van der Waals surface area contributed by atoms with E-state index in [1.807, 2.05) is 20.8 Å². The standard InChI is InChI=1S/C19H38N6O3.HI/c1-19(2,3)28-18(27)24-11-10-23-17(21-4)22-9-5-6-12-25-13-7-15(8-14-25)16(20)26;/h15H,5-14H2,1-4H3,(H2,20,26)(H,24,27)(H2,21,22,23);1H. The summed E-state index contributed by atoms with van der Waals surface area (Å²) in [6.45, 7) is 10.3. The summed E-state index contributed by atoms with van der Waals surface area (Å²) in [4.78, 5) is 29.3. The van der Waals surface area contributed by atoms with E-state index in [0.29, 0.717) is 19.0 Å². The summed E-state index contributed by atoms with van der Waals surface area (Å²) in [5.74, 6) is 0.606. The highest BCUT2D eigenvalue weighted by molar-refractivity contribution is 14.0. The fourth-order valence-electron chi connectivity index (χ4n) is 2.99. The molecule has 0 atom stereocenters. The number of alkyl carbamates (subject to hydrolysis) is 1. The van der Waals surface area contributed by atoms with E-state index in [2.05, 4.69) is 25.8 Å². The molecule has 1 heterocycles. The van der Waals surface area contributed by atoms with Gasteiger partial charge in [0.1, 0.15) is 5.60 Å². The van der Waals surface area contributed by atoms with Gasteiger partial charge in [0.05, 0.1) is 0 Å². The summed E-state index contributed by atoms with van der Waals surface area (Å²) in [7, 11) is 1.72. The number of ether oxygens (including phenoxy) is 1. The van der Waals surface area contributed by atoms with Crippen molar-refractivity contribution in [3.63, 3.8) is 0 Å². The van der Waals surface area contributed by atoms with Gasteiger partial charge in [-0.05, 0) is 66.1 Å². The summed E-state index contributed by atoms with van der Waals surface area (Å²) in [6, 6.07) is 0. The van der Waals surface area contributed by atoms with Crippen molar-refractivity contribution in [2.45, 2.75) is 52.1 Å². The van der Waals surface area contributed by atoms with Crippen LogP contribution in [-0.2, 0) is 9.53 Å². The molecule has 0 aliphatic carbocycles. The highest BCUT2D eigenvalue weighted by Crippen LogP contribution is 2.16. The van der Waals surface area contributed by atoms with Crippen LogP contribution in [0.25, 0.3) is 0 Å². The molecular weight excluding hydrogens is 487 g/mol. The smallest absolute Gasteiger partial charge is 0.407 e. The zero-order valence-corrected chi connectivity index (χ0v) is 20.6. The Morgan fingerprint density at radius 2 is 1.66 bits per heavy atom. The molecule has 0 spiro atoms. The molecule has 0 saturated carbocycles. The lowest BCUT2D eigenvalue weighted by Crippen LogP contribution is -2.42. The Balaban J connectivity index is 0.00000784. The van der Waals surface area contributed by atoms with E-state index < -0.39 is 11.7 Å². The van der Waals surface area contributed by atoms with Crippen molar-refractivity contribution in [1.29, 1.82) is 0 Å². The van der Waals surface area contributed by atoms with Crippen LogP contribution in [0.1, 0.15) is 46.5 Å². The average Bonchev–Trinajstić information content (AvgIpc) is 2.62. The molecule has 1 fully saturated rings. The zero-order chi connectivity index (χ0) is 21.0. The van der Waals surface area contributed by atoms with Crippen molar-refractivity contribution in [1.82, 2.24) is 20.9 Å². The van der Waals surface area contributed by atoms with Crippen LogP contribution in [0.4, 0.5) is 4.79 Å². The highest BCUT2D eigenvalue weighted by atomic mass is 127. The van der Waals surface area contributed by atoms with Gasteiger partial charge in [0.2, 0.25) is 5.91 Å². The largest absolute Gasteiger partial charge is 0.444 e. The molecule has 1 aliphatic heterocycles. The van der Waals surface area contributed by atoms with Crippen LogP contribution in [0.3, 0.4) is 0 Å². The molecule has 0 aromatic heterocycles. The van der Waals surface area contributed by atoms with E-state index in [4.69, 9.17) is 10.5 Å². The van der Waals surface area contributed by atoms with Gasteiger partial charge in [0, 0.05) is 32.6 Å². The molecule has 1 saturated heterocycles. The second-order valence-corrected chi connectivity index (χ2v) is 8.08. The third-order valence-corrected chi connectivity index (χ3v) is 4.49. The van der Waals surface area contributed by atoms with Crippen molar-refractivity contribution in [2.75, 3.05) is 46.3 Å². The maximum atomic E-state index is 11.6. The van der Waals surface area contributed by atoms with Gasteiger partial charge < -0.3 is 31.3 Å². The van der Waals surface area contributed by atoms with E-state index in [9.17, 15) is 9.59 Å². The summed E-state index contributed by atoms with van der Waals surface area (Å²) in [6.07, 6.45) is 3.46. The highest BCUT2D eigenvalue weighted by Gasteiger charge is 2.22. The maximum absolute atomic E-state index is 11.6. The molecule has 0 aromatic carbocycles. The third kappa shape index (κ3) is 13.5. The number of halogens is 1. The lowest BCUT2D eigenvalue weighted by Gasteiger charge is -2.30. The minimum Gasteiger partial charge on any atom is -0.444 e. The number of nitrogens with zero attached hydrogens (tertiary/aromatic N) is 2. The van der Waals surface area contributed by atoms with Crippen LogP contribution < -0.4 is 21.7 Å². The van der Waals surface area contributed by atoms with Crippen LogP contribution in [0.5, 0.6) is 0 Å². The van der Waals surface area contributed by atoms with Crippen LogP contribution in [0.15, 0.2) is 4.99 Å². The Hall–Kier alpha value is -1.30. The van der Waals surface area contributed by atoms with Gasteiger partial charge >= 0.3 is 6.09 Å². The van der Waals surface area contributed by atoms with Gasteiger partial charge in [0.15, 0.2) is 5.96 Å². The Bertz CT molecular complexity index is 517. The lowest BCUT2D eigenvalue weighted by molar-refractivity contribution is -0.123. The zero-order valence-electron chi connectivity index (χ0n) is 18.3. The number of nitrogens with two attached hydrogens (primary N) is 1. The number of carbonyl (C=O) groups is 2. The number of amides is 2. The number of guanidine groups is 1. The minimum atomic E-state index is -0.493. The molecule has 0 unspecified atom stereocenters. The quantitative estimate of drug-likeness (QED) is 0.156. The predicted molar refractivity (Wildman–Crippen MR) is 127 cm³/mol. The summed E-state index contributed by atoms with van der Waals surface area (Å²) < 4.78 is 5.18. The Labute approximate surface area is 192 Å². The van der Waals surface area contributed by atoms with Crippen LogP contribution in [0, 0.1) is 5.92 Å². The molecule has 1 rings (SSSR count). The van der Waals surface area contributed by atoms with Crippen LogP contribution in [-0.4, -0.2) is 74.8 Å². The average molecular weight is 526 g/mol. The summed E-state index contributed by atoms with van der Waals surface area (Å²) >= 11 is 0. The first-order chi connectivity index (χ1) is 13.2. The van der Waals surface area contributed by atoms with Gasteiger partial charge in [-0.15, -0.1) is 24.0 Å². The van der Waals surface area contributed by atoms with E-state index in [0.717, 1.165) is 51.9 Å². The fraction of sp³-hybridized carbons (Fsp3) is 0.842. The molecule has 170 valence electrons. The van der Waals surface area contributed by atoms with Crippen molar-refractivity contribution in [3.8, 4) is 0 Å². The number of rotatable bonds is 9. The number of aliphatic imine (C=N–C) groups is 1. The SMILES string of the molecule is CN=C(NCCCCN1CCC(C(N)=O)CC1)NCCNC(=O)OC(C)(C)C.I. The molecule has 0 radical (unpaired) electrons. The molecule has 0 bridgehead atoms. The van der Waals surface area contributed by atoms with Gasteiger partial charge in [-0.25, -0.2) is 4.79 Å². The summed E-state index contributed by atoms with van der Waals surface area (Å²) in [5, 5.41) is 9.13. The number of nitrogens with one attached hydrogen (secondary N) is 3. The molecule has 9 nitrogen and oxygen atoms in total. The van der Waals surface area contributed by atoms with E-state index >= 15 is 0 Å². The third-order valence-electron chi connectivity index (χ3n) is 4.49. The Morgan fingerprint density at radius 1 is 1.07 bits per heavy atom. The second kappa shape index (κ2) is 14.6. The molecule has 10 heteroatoms. The van der Waals surface area contributed by atoms with Gasteiger partial charge in [-0.1, -0.05) is 0 Å².